The third kappa shape index (κ3) is 8.50. The van der Waals surface area contributed by atoms with Crippen LogP contribution < -0.4 is 24.8 Å². The van der Waals surface area contributed by atoms with Crippen molar-refractivity contribution in [3.63, 3.8) is 0 Å². The zero-order valence-electron chi connectivity index (χ0n) is 25.4. The van der Waals surface area contributed by atoms with Crippen LogP contribution in [-0.4, -0.2) is 49.5 Å². The van der Waals surface area contributed by atoms with E-state index in [1.54, 1.807) is 42.3 Å². The Morgan fingerprint density at radius 1 is 0.870 bits per heavy atom. The van der Waals surface area contributed by atoms with Gasteiger partial charge < -0.3 is 29.7 Å². The van der Waals surface area contributed by atoms with Crippen molar-refractivity contribution in [3.8, 4) is 28.4 Å². The zero-order valence-corrected chi connectivity index (χ0v) is 25.4. The van der Waals surface area contributed by atoms with Gasteiger partial charge in [-0.15, -0.1) is 13.2 Å². The summed E-state index contributed by atoms with van der Waals surface area (Å²) in [6.45, 7) is 3.35. The minimum Gasteiger partial charge on any atom is -0.497 e. The predicted molar refractivity (Wildman–Crippen MR) is 168 cm³/mol. The molecule has 0 radical (unpaired) electrons. The number of hydrogen-bond donors (Lipinski definition) is 2. The molecule has 4 aromatic carbocycles. The molecular formula is C35H34F3N3O5. The second kappa shape index (κ2) is 14.3. The number of amides is 3. The molecule has 240 valence electrons. The fourth-order valence-electron chi connectivity index (χ4n) is 5.31. The van der Waals surface area contributed by atoms with Gasteiger partial charge in [-0.05, 0) is 71.6 Å². The number of alkyl halides is 3. The normalized spacial score (nSPS) is 13.5. The van der Waals surface area contributed by atoms with E-state index < -0.39 is 6.36 Å². The maximum absolute atomic E-state index is 13.4. The van der Waals surface area contributed by atoms with E-state index in [1.807, 2.05) is 43.3 Å². The minimum atomic E-state index is -4.79. The van der Waals surface area contributed by atoms with E-state index in [9.17, 15) is 22.8 Å². The molecule has 0 aliphatic carbocycles. The molecule has 1 heterocycles. The van der Waals surface area contributed by atoms with E-state index in [4.69, 9.17) is 9.47 Å². The first-order chi connectivity index (χ1) is 22.1. The summed E-state index contributed by atoms with van der Waals surface area (Å²) in [5.41, 5.74) is 3.84. The lowest BCUT2D eigenvalue weighted by atomic mass is 9.94. The van der Waals surface area contributed by atoms with E-state index in [-0.39, 0.29) is 23.8 Å². The number of aryl methyl sites for hydroxylation is 1. The van der Waals surface area contributed by atoms with E-state index in [0.717, 1.165) is 16.9 Å². The molecule has 0 saturated carbocycles. The van der Waals surface area contributed by atoms with Crippen molar-refractivity contribution in [1.82, 2.24) is 10.2 Å². The number of urea groups is 1. The van der Waals surface area contributed by atoms with Crippen molar-refractivity contribution in [2.75, 3.05) is 25.5 Å². The first kappa shape index (κ1) is 32.2. The highest BCUT2D eigenvalue weighted by Crippen LogP contribution is 2.32. The van der Waals surface area contributed by atoms with Crippen molar-refractivity contribution in [1.29, 1.82) is 0 Å². The summed E-state index contributed by atoms with van der Waals surface area (Å²) in [6, 6.07) is 25.2. The van der Waals surface area contributed by atoms with E-state index in [2.05, 4.69) is 15.4 Å². The molecule has 0 unspecified atom stereocenters. The van der Waals surface area contributed by atoms with Crippen LogP contribution in [0.2, 0.25) is 0 Å². The van der Waals surface area contributed by atoms with Crippen molar-refractivity contribution >= 4 is 17.6 Å². The molecule has 3 amide bonds. The van der Waals surface area contributed by atoms with Crippen LogP contribution in [0, 0.1) is 6.92 Å². The number of nitrogens with zero attached hydrogens (tertiary/aromatic N) is 1. The van der Waals surface area contributed by atoms with Gasteiger partial charge in [-0.1, -0.05) is 42.5 Å². The number of hydrogen-bond acceptors (Lipinski definition) is 5. The summed E-state index contributed by atoms with van der Waals surface area (Å²) in [6.07, 6.45) is -3.57. The molecule has 1 aliphatic rings. The highest BCUT2D eigenvalue weighted by molar-refractivity contribution is 6.09. The standard InChI is InChI=1S/C35H34F3N3O5/c1-23-5-3-8-31(32(23)25-11-15-29(16-12-25)46-35(36,37)38)33(42)40-26-6-4-7-30(21-26)45-28-17-19-41(20-18-28)34(43)39-22-24-9-13-27(44-2)14-10-24/h3-16,21,28H,17-20,22H2,1-2H3,(H,39,43)(H,40,42). The Hall–Kier alpha value is -5.19. The highest BCUT2D eigenvalue weighted by Gasteiger charge is 2.31. The topological polar surface area (TPSA) is 89.1 Å². The molecule has 46 heavy (non-hydrogen) atoms. The van der Waals surface area contributed by atoms with Crippen LogP contribution in [0.25, 0.3) is 11.1 Å². The molecular weight excluding hydrogens is 599 g/mol. The number of halogens is 3. The maximum atomic E-state index is 13.4. The Morgan fingerprint density at radius 2 is 1.54 bits per heavy atom. The molecule has 1 saturated heterocycles. The van der Waals surface area contributed by atoms with Gasteiger partial charge in [-0.25, -0.2) is 4.79 Å². The molecule has 0 atom stereocenters. The second-order valence-corrected chi connectivity index (χ2v) is 10.9. The quantitative estimate of drug-likeness (QED) is 0.199. The molecule has 4 aromatic rings. The summed E-state index contributed by atoms with van der Waals surface area (Å²) in [5.74, 6) is 0.632. The Bertz CT molecular complexity index is 1650. The first-order valence-electron chi connectivity index (χ1n) is 14.8. The molecule has 2 N–H and O–H groups in total. The SMILES string of the molecule is COc1ccc(CNC(=O)N2CCC(Oc3cccc(NC(=O)c4cccc(C)c4-c4ccc(OC(F)(F)F)cc4)c3)CC2)cc1. The highest BCUT2D eigenvalue weighted by atomic mass is 19.4. The summed E-state index contributed by atoms with van der Waals surface area (Å²) in [4.78, 5) is 27.9. The Kier molecular flexibility index (Phi) is 10.00. The number of carbonyl (C=O) groups excluding carboxylic acids is 2. The molecule has 1 aliphatic heterocycles. The molecule has 0 spiro atoms. The van der Waals surface area contributed by atoms with Gasteiger partial charge in [-0.3, -0.25) is 4.79 Å². The monoisotopic (exact) mass is 633 g/mol. The van der Waals surface area contributed by atoms with Crippen molar-refractivity contribution in [2.45, 2.75) is 38.8 Å². The fraction of sp³-hybridized carbons (Fsp3) is 0.257. The van der Waals surface area contributed by atoms with Gasteiger partial charge in [0, 0.05) is 49.8 Å². The van der Waals surface area contributed by atoms with E-state index >= 15 is 0 Å². The summed E-state index contributed by atoms with van der Waals surface area (Å²) in [7, 11) is 1.61. The van der Waals surface area contributed by atoms with Gasteiger partial charge in [0.15, 0.2) is 0 Å². The lowest BCUT2D eigenvalue weighted by Gasteiger charge is -2.32. The lowest BCUT2D eigenvalue weighted by Crippen LogP contribution is -2.46. The average molecular weight is 634 g/mol. The van der Waals surface area contributed by atoms with E-state index in [0.29, 0.717) is 60.6 Å². The van der Waals surface area contributed by atoms with Crippen molar-refractivity contribution < 1.29 is 37.0 Å². The lowest BCUT2D eigenvalue weighted by molar-refractivity contribution is -0.274. The van der Waals surface area contributed by atoms with Gasteiger partial charge in [0.05, 0.1) is 7.11 Å². The molecule has 5 rings (SSSR count). The van der Waals surface area contributed by atoms with Crippen molar-refractivity contribution in [3.05, 3.63) is 108 Å². The second-order valence-electron chi connectivity index (χ2n) is 10.9. The summed E-state index contributed by atoms with van der Waals surface area (Å²) < 4.78 is 53.1. The third-order valence-corrected chi connectivity index (χ3v) is 7.62. The Morgan fingerprint density at radius 3 is 2.22 bits per heavy atom. The number of carbonyl (C=O) groups is 2. The number of nitrogens with one attached hydrogen (secondary N) is 2. The van der Waals surface area contributed by atoms with Crippen LogP contribution in [0.4, 0.5) is 23.7 Å². The van der Waals surface area contributed by atoms with Crippen LogP contribution in [0.1, 0.15) is 34.3 Å². The van der Waals surface area contributed by atoms with Crippen molar-refractivity contribution in [2.24, 2.45) is 0 Å². The van der Waals surface area contributed by atoms with Gasteiger partial charge in [0.1, 0.15) is 23.4 Å². The Balaban J connectivity index is 1.16. The number of benzene rings is 4. The minimum absolute atomic E-state index is 0.0933. The summed E-state index contributed by atoms with van der Waals surface area (Å²) in [5, 5.41) is 5.87. The number of ether oxygens (including phenoxy) is 3. The Labute approximate surface area is 265 Å². The van der Waals surface area contributed by atoms with Crippen LogP contribution in [0.15, 0.2) is 91.0 Å². The first-order valence-corrected chi connectivity index (χ1v) is 14.8. The number of rotatable bonds is 9. The third-order valence-electron chi connectivity index (χ3n) is 7.62. The predicted octanol–water partition coefficient (Wildman–Crippen LogP) is 7.57. The molecule has 11 heteroatoms. The molecule has 1 fully saturated rings. The summed E-state index contributed by atoms with van der Waals surface area (Å²) >= 11 is 0. The number of methoxy groups -OCH3 is 1. The zero-order chi connectivity index (χ0) is 32.7. The number of anilines is 1. The average Bonchev–Trinajstić information content (AvgIpc) is 3.04. The van der Waals surface area contributed by atoms with Crippen LogP contribution in [0.5, 0.6) is 17.2 Å². The van der Waals surface area contributed by atoms with Gasteiger partial charge >= 0.3 is 12.4 Å². The largest absolute Gasteiger partial charge is 0.573 e. The number of likely N-dealkylation sites (tertiary alicyclic amines) is 1. The van der Waals surface area contributed by atoms with E-state index in [1.165, 1.54) is 24.3 Å². The van der Waals surface area contributed by atoms with Gasteiger partial charge in [-0.2, -0.15) is 0 Å². The molecule has 0 bridgehead atoms. The molecule has 8 nitrogen and oxygen atoms in total. The smallest absolute Gasteiger partial charge is 0.497 e. The fourth-order valence-corrected chi connectivity index (χ4v) is 5.31. The van der Waals surface area contributed by atoms with Gasteiger partial charge in [0.25, 0.3) is 5.91 Å². The van der Waals surface area contributed by atoms with Crippen LogP contribution >= 0.6 is 0 Å². The van der Waals surface area contributed by atoms with Gasteiger partial charge in [0.2, 0.25) is 0 Å². The molecule has 0 aromatic heterocycles. The number of piperidine rings is 1. The maximum Gasteiger partial charge on any atom is 0.573 e. The van der Waals surface area contributed by atoms with Crippen LogP contribution in [-0.2, 0) is 6.54 Å². The van der Waals surface area contributed by atoms with Crippen LogP contribution in [0.3, 0.4) is 0 Å².